The van der Waals surface area contributed by atoms with Crippen molar-refractivity contribution in [2.75, 3.05) is 40.5 Å². The highest BCUT2D eigenvalue weighted by atomic mass is 32.1. The van der Waals surface area contributed by atoms with Crippen molar-refractivity contribution < 1.29 is 14.3 Å². The quantitative estimate of drug-likeness (QED) is 0.794. The summed E-state index contributed by atoms with van der Waals surface area (Å²) in [7, 11) is 3.51. The minimum absolute atomic E-state index is 0.0238. The fraction of sp³-hybridized carbons (Fsp3) is 0.706. The molecule has 1 aromatic heterocycles. The molecule has 5 nitrogen and oxygen atoms in total. The molecular formula is C17H26N2O3S. The predicted molar refractivity (Wildman–Crippen MR) is 90.5 cm³/mol. The van der Waals surface area contributed by atoms with Crippen LogP contribution in [0.1, 0.15) is 18.4 Å². The SMILES string of the molecule is CN(C)C(=O)COC[C@@H]1C[C@@H]2OCCN(Cc3ccsc3)[C@H]2C1. The van der Waals surface area contributed by atoms with E-state index in [-0.39, 0.29) is 12.5 Å². The summed E-state index contributed by atoms with van der Waals surface area (Å²) in [5.74, 6) is 0.513. The van der Waals surface area contributed by atoms with Crippen molar-refractivity contribution in [3.63, 3.8) is 0 Å². The second-order valence-electron chi connectivity index (χ2n) is 6.72. The van der Waals surface area contributed by atoms with Crippen LogP contribution in [-0.2, 0) is 20.8 Å². The van der Waals surface area contributed by atoms with Crippen LogP contribution in [0.15, 0.2) is 16.8 Å². The van der Waals surface area contributed by atoms with Crippen LogP contribution in [0.4, 0.5) is 0 Å². The van der Waals surface area contributed by atoms with Crippen LogP contribution in [0, 0.1) is 5.92 Å². The zero-order valence-corrected chi connectivity index (χ0v) is 14.8. The molecule has 2 heterocycles. The smallest absolute Gasteiger partial charge is 0.248 e. The molecule has 0 aromatic carbocycles. The number of morpholine rings is 1. The van der Waals surface area contributed by atoms with Crippen molar-refractivity contribution in [3.8, 4) is 0 Å². The minimum Gasteiger partial charge on any atom is -0.375 e. The molecule has 2 aliphatic rings. The maximum Gasteiger partial charge on any atom is 0.248 e. The maximum absolute atomic E-state index is 11.6. The van der Waals surface area contributed by atoms with E-state index in [1.54, 1.807) is 30.3 Å². The molecule has 2 fully saturated rings. The summed E-state index contributed by atoms with van der Waals surface area (Å²) in [6.45, 7) is 3.67. The molecule has 1 aliphatic carbocycles. The topological polar surface area (TPSA) is 42.0 Å². The Morgan fingerprint density at radius 3 is 3.09 bits per heavy atom. The third-order valence-corrected chi connectivity index (χ3v) is 5.52. The largest absolute Gasteiger partial charge is 0.375 e. The minimum atomic E-state index is 0.0238. The average molecular weight is 338 g/mol. The Morgan fingerprint density at radius 2 is 2.35 bits per heavy atom. The van der Waals surface area contributed by atoms with Crippen LogP contribution in [0.5, 0.6) is 0 Å². The number of carbonyl (C=O) groups is 1. The van der Waals surface area contributed by atoms with E-state index >= 15 is 0 Å². The van der Waals surface area contributed by atoms with Gasteiger partial charge in [-0.15, -0.1) is 0 Å². The van der Waals surface area contributed by atoms with Crippen LogP contribution < -0.4 is 0 Å². The van der Waals surface area contributed by atoms with Gasteiger partial charge in [-0.1, -0.05) is 0 Å². The Hall–Kier alpha value is -0.950. The molecule has 6 heteroatoms. The van der Waals surface area contributed by atoms with Crippen LogP contribution in [-0.4, -0.2) is 68.3 Å². The maximum atomic E-state index is 11.6. The first-order chi connectivity index (χ1) is 11.1. The van der Waals surface area contributed by atoms with E-state index in [2.05, 4.69) is 21.7 Å². The van der Waals surface area contributed by atoms with Crippen molar-refractivity contribution in [1.82, 2.24) is 9.80 Å². The fourth-order valence-corrected chi connectivity index (χ4v) is 4.18. The second-order valence-corrected chi connectivity index (χ2v) is 7.50. The molecule has 128 valence electrons. The highest BCUT2D eigenvalue weighted by Crippen LogP contribution is 2.35. The molecule has 0 N–H and O–H groups in total. The third kappa shape index (κ3) is 4.32. The molecule has 0 unspecified atom stereocenters. The summed E-state index contributed by atoms with van der Waals surface area (Å²) < 4.78 is 11.6. The molecule has 0 radical (unpaired) electrons. The highest BCUT2D eigenvalue weighted by molar-refractivity contribution is 7.07. The Morgan fingerprint density at radius 1 is 1.48 bits per heavy atom. The molecule has 0 bridgehead atoms. The van der Waals surface area contributed by atoms with Crippen molar-refractivity contribution in [1.29, 1.82) is 0 Å². The molecule has 3 atom stereocenters. The number of carbonyl (C=O) groups excluding carboxylic acids is 1. The number of fused-ring (bicyclic) bond motifs is 1. The van der Waals surface area contributed by atoms with Crippen LogP contribution >= 0.6 is 11.3 Å². The summed E-state index contributed by atoms with van der Waals surface area (Å²) in [6.07, 6.45) is 2.46. The van der Waals surface area contributed by atoms with Gasteiger partial charge in [0.25, 0.3) is 0 Å². The second kappa shape index (κ2) is 7.75. The number of likely N-dealkylation sites (N-methyl/N-ethyl adjacent to an activating group) is 1. The van der Waals surface area contributed by atoms with Gasteiger partial charge < -0.3 is 14.4 Å². The van der Waals surface area contributed by atoms with Crippen LogP contribution in [0.25, 0.3) is 0 Å². The van der Waals surface area contributed by atoms with E-state index in [1.807, 2.05) is 0 Å². The first-order valence-electron chi connectivity index (χ1n) is 8.28. The number of nitrogens with zero attached hydrogens (tertiary/aromatic N) is 2. The van der Waals surface area contributed by atoms with E-state index in [9.17, 15) is 4.79 Å². The number of ether oxygens (including phenoxy) is 2. The Bertz CT molecular complexity index is 506. The Labute approximate surface area is 142 Å². The summed E-state index contributed by atoms with van der Waals surface area (Å²) >= 11 is 1.76. The fourth-order valence-electron chi connectivity index (χ4n) is 3.52. The summed E-state index contributed by atoms with van der Waals surface area (Å²) in [5.41, 5.74) is 1.40. The van der Waals surface area contributed by atoms with Gasteiger partial charge in [-0.25, -0.2) is 0 Å². The Kier molecular flexibility index (Phi) is 5.69. The van der Waals surface area contributed by atoms with Gasteiger partial charge in [-0.05, 0) is 41.1 Å². The summed E-state index contributed by atoms with van der Waals surface area (Å²) in [5, 5.41) is 4.37. The van der Waals surface area contributed by atoms with Gasteiger partial charge in [-0.3, -0.25) is 9.69 Å². The van der Waals surface area contributed by atoms with E-state index in [0.717, 1.165) is 32.5 Å². The van der Waals surface area contributed by atoms with Gasteiger partial charge >= 0.3 is 0 Å². The first-order valence-corrected chi connectivity index (χ1v) is 9.22. The van der Waals surface area contributed by atoms with Gasteiger partial charge in [0.15, 0.2) is 0 Å². The van der Waals surface area contributed by atoms with Crippen LogP contribution in [0.3, 0.4) is 0 Å². The van der Waals surface area contributed by atoms with Crippen molar-refractivity contribution in [3.05, 3.63) is 22.4 Å². The molecule has 1 saturated heterocycles. The lowest BCUT2D eigenvalue weighted by atomic mass is 10.1. The lowest BCUT2D eigenvalue weighted by Gasteiger charge is -2.37. The molecule has 1 aliphatic heterocycles. The van der Waals surface area contributed by atoms with Crippen LogP contribution in [0.2, 0.25) is 0 Å². The number of thiophene rings is 1. The number of rotatable bonds is 6. The van der Waals surface area contributed by atoms with Crippen molar-refractivity contribution in [2.24, 2.45) is 5.92 Å². The van der Waals surface area contributed by atoms with E-state index in [4.69, 9.17) is 9.47 Å². The molecule has 0 spiro atoms. The van der Waals surface area contributed by atoms with Gasteiger partial charge in [0.1, 0.15) is 6.61 Å². The molecule has 23 heavy (non-hydrogen) atoms. The van der Waals surface area contributed by atoms with Gasteiger partial charge in [0.05, 0.1) is 19.3 Å². The van der Waals surface area contributed by atoms with Gasteiger partial charge in [0, 0.05) is 33.2 Å². The summed E-state index contributed by atoms with van der Waals surface area (Å²) in [6, 6.07) is 2.69. The lowest BCUT2D eigenvalue weighted by molar-refractivity contribution is -0.134. The van der Waals surface area contributed by atoms with Crippen molar-refractivity contribution >= 4 is 17.2 Å². The first kappa shape index (κ1) is 16.9. The third-order valence-electron chi connectivity index (χ3n) is 4.79. The molecular weight excluding hydrogens is 312 g/mol. The normalized spacial score (nSPS) is 27.8. The number of hydrogen-bond donors (Lipinski definition) is 0. The van der Waals surface area contributed by atoms with Gasteiger partial charge in [0.2, 0.25) is 5.91 Å². The summed E-state index contributed by atoms with van der Waals surface area (Å²) in [4.78, 5) is 15.7. The monoisotopic (exact) mass is 338 g/mol. The number of amides is 1. The lowest BCUT2D eigenvalue weighted by Crippen LogP contribution is -2.47. The predicted octanol–water partition coefficient (Wildman–Crippen LogP) is 1.83. The zero-order valence-electron chi connectivity index (χ0n) is 13.9. The van der Waals surface area contributed by atoms with E-state index in [1.165, 1.54) is 5.56 Å². The highest BCUT2D eigenvalue weighted by Gasteiger charge is 2.40. The zero-order chi connectivity index (χ0) is 16.2. The van der Waals surface area contributed by atoms with Gasteiger partial charge in [-0.2, -0.15) is 11.3 Å². The Balaban J connectivity index is 1.49. The molecule has 1 saturated carbocycles. The molecule has 3 rings (SSSR count). The molecule has 1 aromatic rings. The standard InChI is InChI=1S/C17H26N2O3S/c1-18(2)17(20)11-21-10-14-7-15-16(8-14)22-5-4-19(15)9-13-3-6-23-12-13/h3,6,12,14-16H,4-5,7-11H2,1-2H3/t14-,15-,16-/m0/s1. The molecule has 1 amide bonds. The van der Waals surface area contributed by atoms with E-state index < -0.39 is 0 Å². The van der Waals surface area contributed by atoms with E-state index in [0.29, 0.717) is 24.7 Å². The average Bonchev–Trinajstić information content (AvgIpc) is 3.16. The van der Waals surface area contributed by atoms with Crippen molar-refractivity contribution in [2.45, 2.75) is 31.5 Å². The number of hydrogen-bond acceptors (Lipinski definition) is 5.